The molecule has 0 N–H and O–H groups in total. The Kier molecular flexibility index (Phi) is 26.5. The van der Waals surface area contributed by atoms with Gasteiger partial charge in [0, 0.05) is 65.7 Å². The third kappa shape index (κ3) is 19.6. The van der Waals surface area contributed by atoms with Gasteiger partial charge in [-0.1, -0.05) is 0 Å². The smallest absolute Gasteiger partial charge is 0.162 e. The molecule has 0 unspecified atom stereocenters. The molecule has 0 rings (SSSR count). The van der Waals surface area contributed by atoms with E-state index in [1.807, 2.05) is 55.4 Å². The van der Waals surface area contributed by atoms with Gasteiger partial charge in [0.15, 0.2) is 25.2 Å². The molecule has 0 aliphatic carbocycles. The molecule has 0 aromatic carbocycles. The summed E-state index contributed by atoms with van der Waals surface area (Å²) in [6, 6.07) is 0. The molecule has 8 nitrogen and oxygen atoms in total. The van der Waals surface area contributed by atoms with Gasteiger partial charge >= 0.3 is 0 Å². The molecule has 0 atom stereocenters. The van der Waals surface area contributed by atoms with E-state index in [4.69, 9.17) is 37.9 Å². The van der Waals surface area contributed by atoms with Gasteiger partial charge in [-0.25, -0.2) is 0 Å². The van der Waals surface area contributed by atoms with Crippen LogP contribution in [0.25, 0.3) is 0 Å². The Bertz CT molecular complexity index is 238. The van der Waals surface area contributed by atoms with Gasteiger partial charge in [-0.15, -0.1) is 0 Å². The van der Waals surface area contributed by atoms with Crippen molar-refractivity contribution in [2.75, 3.05) is 52.9 Å². The molecule has 0 saturated heterocycles. The lowest BCUT2D eigenvalue weighted by Gasteiger charge is -2.23. The molecule has 0 aromatic heterocycles. The molecular weight excluding hydrogens is 392 g/mol. The predicted octanol–water partition coefficient (Wildman–Crippen LogP) is 4.35. The highest BCUT2D eigenvalue weighted by atomic mass is 16.7. The fourth-order valence-electron chi connectivity index (χ4n) is 2.54. The predicted molar refractivity (Wildman–Crippen MR) is 117 cm³/mol. The van der Waals surface area contributed by atoms with Crippen LogP contribution >= 0.6 is 0 Å². The Morgan fingerprint density at radius 1 is 0.300 bits per heavy atom. The molecule has 0 radical (unpaired) electrons. The van der Waals surface area contributed by atoms with Crippen LogP contribution in [0, 0.1) is 0 Å². The van der Waals surface area contributed by atoms with Gasteiger partial charge < -0.3 is 37.9 Å². The SMILES string of the molecule is CCOC(CC(OCC)OCC)OCC.CCOC(CC(OCC)OCC)OCC. The monoisotopic (exact) mass is 440 g/mol. The van der Waals surface area contributed by atoms with Crippen LogP contribution in [0.5, 0.6) is 0 Å². The van der Waals surface area contributed by atoms with Crippen LogP contribution in [0.3, 0.4) is 0 Å². The summed E-state index contributed by atoms with van der Waals surface area (Å²) in [6.07, 6.45) is 0.296. The zero-order valence-corrected chi connectivity index (χ0v) is 20.6. The summed E-state index contributed by atoms with van der Waals surface area (Å²) in [4.78, 5) is 0. The Balaban J connectivity index is 0. The molecule has 0 heterocycles. The van der Waals surface area contributed by atoms with Crippen molar-refractivity contribution in [3.63, 3.8) is 0 Å². The van der Waals surface area contributed by atoms with E-state index < -0.39 is 0 Å². The Labute approximate surface area is 184 Å². The number of hydrogen-bond donors (Lipinski definition) is 0. The first-order valence-electron chi connectivity index (χ1n) is 11.5. The van der Waals surface area contributed by atoms with Crippen LogP contribution in [-0.2, 0) is 37.9 Å². The summed E-state index contributed by atoms with van der Waals surface area (Å²) in [5.74, 6) is 0. The number of hydrogen-bond acceptors (Lipinski definition) is 8. The molecule has 0 spiro atoms. The largest absolute Gasteiger partial charge is 0.353 e. The van der Waals surface area contributed by atoms with E-state index in [0.29, 0.717) is 65.7 Å². The molecule has 0 bridgehead atoms. The maximum atomic E-state index is 5.42. The Hall–Kier alpha value is -0.320. The lowest BCUT2D eigenvalue weighted by Crippen LogP contribution is -2.28. The van der Waals surface area contributed by atoms with E-state index in [-0.39, 0.29) is 25.2 Å². The molecule has 0 aliphatic heterocycles. The van der Waals surface area contributed by atoms with Crippen molar-refractivity contribution in [2.24, 2.45) is 0 Å². The van der Waals surface area contributed by atoms with E-state index >= 15 is 0 Å². The first-order chi connectivity index (χ1) is 14.6. The van der Waals surface area contributed by atoms with Crippen LogP contribution in [0.15, 0.2) is 0 Å². The average Bonchev–Trinajstić information content (AvgIpc) is 2.70. The highest BCUT2D eigenvalue weighted by Crippen LogP contribution is 2.10. The first-order valence-corrected chi connectivity index (χ1v) is 11.5. The average molecular weight is 441 g/mol. The van der Waals surface area contributed by atoms with Crippen molar-refractivity contribution in [1.29, 1.82) is 0 Å². The van der Waals surface area contributed by atoms with Crippen molar-refractivity contribution in [3.05, 3.63) is 0 Å². The van der Waals surface area contributed by atoms with Gasteiger partial charge in [-0.2, -0.15) is 0 Å². The van der Waals surface area contributed by atoms with Gasteiger partial charge in [0.25, 0.3) is 0 Å². The summed E-state index contributed by atoms with van der Waals surface area (Å²) < 4.78 is 43.4. The maximum absolute atomic E-state index is 5.42. The first kappa shape index (κ1) is 31.9. The zero-order valence-electron chi connectivity index (χ0n) is 20.6. The van der Waals surface area contributed by atoms with E-state index in [1.54, 1.807) is 0 Å². The molecule has 30 heavy (non-hydrogen) atoms. The van der Waals surface area contributed by atoms with Gasteiger partial charge in [0.05, 0.1) is 0 Å². The normalized spacial score (nSPS) is 11.6. The van der Waals surface area contributed by atoms with Crippen LogP contribution < -0.4 is 0 Å². The van der Waals surface area contributed by atoms with Crippen molar-refractivity contribution in [2.45, 2.75) is 93.4 Å². The number of ether oxygens (including phenoxy) is 8. The Morgan fingerprint density at radius 3 is 0.533 bits per heavy atom. The van der Waals surface area contributed by atoms with E-state index in [1.165, 1.54) is 0 Å². The molecule has 0 amide bonds. The van der Waals surface area contributed by atoms with Crippen LogP contribution in [0.1, 0.15) is 68.2 Å². The third-order valence-electron chi connectivity index (χ3n) is 3.59. The summed E-state index contributed by atoms with van der Waals surface area (Å²) in [7, 11) is 0. The standard InChI is InChI=1S/2C11H24O4/c2*1-5-12-10(13-6-2)9-11(14-7-3)15-8-4/h2*10-11H,5-9H2,1-4H3. The summed E-state index contributed by atoms with van der Waals surface area (Å²) in [5, 5.41) is 0. The third-order valence-corrected chi connectivity index (χ3v) is 3.59. The second-order valence-corrected chi connectivity index (χ2v) is 5.83. The summed E-state index contributed by atoms with van der Waals surface area (Å²) >= 11 is 0. The van der Waals surface area contributed by atoms with Crippen molar-refractivity contribution < 1.29 is 37.9 Å². The van der Waals surface area contributed by atoms with Crippen LogP contribution in [0.2, 0.25) is 0 Å². The van der Waals surface area contributed by atoms with Gasteiger partial charge in [-0.3, -0.25) is 0 Å². The van der Waals surface area contributed by atoms with E-state index in [0.717, 1.165) is 0 Å². The molecule has 8 heteroatoms. The Morgan fingerprint density at radius 2 is 0.433 bits per heavy atom. The van der Waals surface area contributed by atoms with Crippen LogP contribution in [-0.4, -0.2) is 78.0 Å². The van der Waals surface area contributed by atoms with Gasteiger partial charge in [0.2, 0.25) is 0 Å². The number of rotatable bonds is 20. The minimum atomic E-state index is -0.233. The van der Waals surface area contributed by atoms with Gasteiger partial charge in [-0.05, 0) is 55.4 Å². The van der Waals surface area contributed by atoms with Crippen LogP contribution in [0.4, 0.5) is 0 Å². The summed E-state index contributed by atoms with van der Waals surface area (Å²) in [5.41, 5.74) is 0. The highest BCUT2D eigenvalue weighted by Gasteiger charge is 2.18. The fraction of sp³-hybridized carbons (Fsp3) is 1.00. The second-order valence-electron chi connectivity index (χ2n) is 5.83. The molecule has 0 fully saturated rings. The topological polar surface area (TPSA) is 73.8 Å². The van der Waals surface area contributed by atoms with Crippen molar-refractivity contribution in [1.82, 2.24) is 0 Å². The minimum absolute atomic E-state index is 0.233. The molecule has 0 aromatic rings. The van der Waals surface area contributed by atoms with Gasteiger partial charge in [0.1, 0.15) is 0 Å². The molecule has 0 aliphatic rings. The summed E-state index contributed by atoms with van der Waals surface area (Å²) in [6.45, 7) is 20.7. The van der Waals surface area contributed by atoms with Crippen molar-refractivity contribution >= 4 is 0 Å². The molecule has 184 valence electrons. The maximum Gasteiger partial charge on any atom is 0.162 e. The van der Waals surface area contributed by atoms with Crippen molar-refractivity contribution in [3.8, 4) is 0 Å². The minimum Gasteiger partial charge on any atom is -0.353 e. The lowest BCUT2D eigenvalue weighted by molar-refractivity contribution is -0.208. The highest BCUT2D eigenvalue weighted by molar-refractivity contribution is 4.52. The second kappa shape index (κ2) is 24.9. The molecular formula is C22H48O8. The fourth-order valence-corrected chi connectivity index (χ4v) is 2.54. The lowest BCUT2D eigenvalue weighted by atomic mass is 10.4. The quantitative estimate of drug-likeness (QED) is 0.259. The molecule has 0 saturated carbocycles. The zero-order chi connectivity index (χ0) is 23.0. The van der Waals surface area contributed by atoms with E-state index in [9.17, 15) is 0 Å². The van der Waals surface area contributed by atoms with E-state index in [2.05, 4.69) is 0 Å².